The van der Waals surface area contributed by atoms with E-state index in [-0.39, 0.29) is 4.90 Å². The second-order valence-electron chi connectivity index (χ2n) is 3.75. The first-order valence-electron chi connectivity index (χ1n) is 3.86. The van der Waals surface area contributed by atoms with E-state index in [1.165, 1.54) is 21.1 Å². The van der Waals surface area contributed by atoms with Crippen LogP contribution in [0.25, 0.3) is 0 Å². The number of likely N-dealkylation sites (N-methyl/N-ethyl adjacent to an activating group) is 1. The molecule has 2 amide bonds. The average Bonchev–Trinajstić information content (AvgIpc) is 1.94. The smallest absolute Gasteiger partial charge is 0.418 e. The van der Waals surface area contributed by atoms with Gasteiger partial charge in [0.15, 0.2) is 6.09 Å². The fraction of sp³-hybridized carbons (Fsp3) is 0.571. The van der Waals surface area contributed by atoms with Crippen molar-refractivity contribution in [3.8, 4) is 0 Å². The summed E-state index contributed by atoms with van der Waals surface area (Å²) in [7, 11) is 4.08. The van der Waals surface area contributed by atoms with Crippen LogP contribution in [0.4, 0.5) is 9.59 Å². The number of hydrogen-bond acceptors (Lipinski definition) is 4. The molecule has 0 aromatic carbocycles. The Hall–Kier alpha value is -1.83. The molecule has 0 bridgehead atoms. The quantitative estimate of drug-likeness (QED) is 0.438. The van der Waals surface area contributed by atoms with Crippen LogP contribution in [-0.4, -0.2) is 65.1 Å². The monoisotopic (exact) mass is 220 g/mol. The van der Waals surface area contributed by atoms with Gasteiger partial charge in [-0.05, 0) is 0 Å². The number of amides is 2. The van der Waals surface area contributed by atoms with Crippen LogP contribution >= 0.6 is 0 Å². The maximum atomic E-state index is 10.8. The van der Waals surface area contributed by atoms with Crippen LogP contribution in [0.1, 0.15) is 0 Å². The third-order valence-corrected chi connectivity index (χ3v) is 1.60. The number of rotatable bonds is 3. The van der Waals surface area contributed by atoms with Gasteiger partial charge in [-0.2, -0.15) is 0 Å². The topological polar surface area (TPSA) is 118 Å². The Morgan fingerprint density at radius 3 is 1.67 bits per heavy atom. The number of imide groups is 1. The number of carboxylic acids is 1. The molecule has 0 aromatic heterocycles. The summed E-state index contributed by atoms with van der Waals surface area (Å²) in [5, 5.41) is 27.8. The maximum absolute atomic E-state index is 10.8. The van der Waals surface area contributed by atoms with Crippen LogP contribution in [0.5, 0.6) is 0 Å². The van der Waals surface area contributed by atoms with Gasteiger partial charge in [0.05, 0.1) is 21.1 Å². The molecule has 8 nitrogen and oxygen atoms in total. The van der Waals surface area contributed by atoms with E-state index in [1.54, 1.807) is 0 Å². The summed E-state index contributed by atoms with van der Waals surface area (Å²) >= 11 is 0. The van der Waals surface area contributed by atoms with E-state index in [2.05, 4.69) is 0 Å². The van der Waals surface area contributed by atoms with Crippen molar-refractivity contribution < 1.29 is 34.2 Å². The van der Waals surface area contributed by atoms with Crippen LogP contribution in [0, 0.1) is 0 Å². The predicted octanol–water partition coefficient (Wildman–Crippen LogP) is -1.57. The summed E-state index contributed by atoms with van der Waals surface area (Å²) in [5.41, 5.74) is 0. The van der Waals surface area contributed by atoms with Gasteiger partial charge in [-0.15, -0.1) is 0 Å². The maximum Gasteiger partial charge on any atom is 0.418 e. The van der Waals surface area contributed by atoms with Crippen LogP contribution < -0.4 is 5.11 Å². The van der Waals surface area contributed by atoms with Crippen molar-refractivity contribution in [2.75, 3.05) is 21.1 Å². The minimum atomic E-state index is -2.07. The Labute approximate surface area is 85.5 Å². The molecule has 0 saturated heterocycles. The van der Waals surface area contributed by atoms with Gasteiger partial charge in [-0.3, -0.25) is 0 Å². The van der Waals surface area contributed by atoms with E-state index in [4.69, 9.17) is 10.2 Å². The van der Waals surface area contributed by atoms with Gasteiger partial charge in [0.1, 0.15) is 0 Å². The van der Waals surface area contributed by atoms with E-state index >= 15 is 0 Å². The highest BCUT2D eigenvalue weighted by molar-refractivity contribution is 5.90. The fourth-order valence-corrected chi connectivity index (χ4v) is 1.07. The van der Waals surface area contributed by atoms with Crippen LogP contribution in [0.15, 0.2) is 0 Å². The fourth-order valence-electron chi connectivity index (χ4n) is 1.07. The van der Waals surface area contributed by atoms with Gasteiger partial charge < -0.3 is 24.6 Å². The van der Waals surface area contributed by atoms with Crippen LogP contribution in [0.3, 0.4) is 0 Å². The zero-order chi connectivity index (χ0) is 12.4. The summed E-state index contributed by atoms with van der Waals surface area (Å²) in [6.07, 6.45) is -5.70. The molecule has 8 heteroatoms. The van der Waals surface area contributed by atoms with Gasteiger partial charge in [0.2, 0.25) is 0 Å². The zero-order valence-electron chi connectivity index (χ0n) is 8.50. The summed E-state index contributed by atoms with van der Waals surface area (Å²) in [6.45, 7) is 0. The first-order valence-corrected chi connectivity index (χ1v) is 3.86. The predicted molar refractivity (Wildman–Crippen MR) is 44.7 cm³/mol. The molecule has 0 aliphatic rings. The lowest BCUT2D eigenvalue weighted by Gasteiger charge is -2.36. The first kappa shape index (κ1) is 13.2. The van der Waals surface area contributed by atoms with Crippen molar-refractivity contribution >= 4 is 18.2 Å². The Morgan fingerprint density at radius 1 is 1.20 bits per heavy atom. The molecular formula is C7H12N2O6. The highest BCUT2D eigenvalue weighted by Crippen LogP contribution is 2.09. The second kappa shape index (κ2) is 4.13. The highest BCUT2D eigenvalue weighted by atomic mass is 16.4. The van der Waals surface area contributed by atoms with E-state index in [1.807, 2.05) is 0 Å². The number of quaternary nitrogens is 1. The molecule has 0 saturated carbocycles. The largest absolute Gasteiger partial charge is 0.529 e. The number of carbonyl (C=O) groups is 3. The Bertz CT molecular complexity index is 280. The first-order chi connectivity index (χ1) is 6.59. The molecule has 0 aliphatic carbocycles. The number of carboxylic acid groups (broad SMARTS) is 3. The van der Waals surface area contributed by atoms with Gasteiger partial charge in [0, 0.05) is 0 Å². The molecule has 0 spiro atoms. The Kier molecular flexibility index (Phi) is 3.63. The Balaban J connectivity index is 5.31. The lowest BCUT2D eigenvalue weighted by atomic mass is 10.3. The lowest BCUT2D eigenvalue weighted by molar-refractivity contribution is -0.896. The molecule has 1 unspecified atom stereocenters. The second-order valence-corrected chi connectivity index (χ2v) is 3.75. The molecule has 0 fully saturated rings. The van der Waals surface area contributed by atoms with Gasteiger partial charge >= 0.3 is 12.1 Å². The van der Waals surface area contributed by atoms with Crippen molar-refractivity contribution in [2.24, 2.45) is 0 Å². The third kappa shape index (κ3) is 3.09. The van der Waals surface area contributed by atoms with Gasteiger partial charge in [-0.1, -0.05) is 0 Å². The molecule has 0 radical (unpaired) electrons. The summed E-state index contributed by atoms with van der Waals surface area (Å²) in [6, 6.07) is 0. The van der Waals surface area contributed by atoms with Crippen molar-refractivity contribution in [3.63, 3.8) is 0 Å². The number of carbonyl (C=O) groups excluding carboxylic acids is 1. The van der Waals surface area contributed by atoms with E-state index < -0.39 is 28.8 Å². The standard InChI is InChI=1S/C7H12N2O6/c1-9(2,3)4(5(10)11)8(6(12)13)7(14)15/h4H,1-3H3,(H2-,10,11,12,13,14,15). The lowest BCUT2D eigenvalue weighted by Crippen LogP contribution is -2.64. The average molecular weight is 220 g/mol. The Morgan fingerprint density at radius 2 is 1.60 bits per heavy atom. The summed E-state index contributed by atoms with van der Waals surface area (Å²) in [4.78, 5) is 31.6. The van der Waals surface area contributed by atoms with Gasteiger partial charge in [-0.25, -0.2) is 14.5 Å². The molecule has 15 heavy (non-hydrogen) atoms. The molecule has 0 aliphatic heterocycles. The molecule has 0 heterocycles. The van der Waals surface area contributed by atoms with Crippen molar-refractivity contribution in [2.45, 2.75) is 6.17 Å². The summed E-state index contributed by atoms with van der Waals surface area (Å²) in [5.74, 6) is -1.56. The minimum absolute atomic E-state index is 0.248. The molecule has 2 N–H and O–H groups in total. The number of hydrogen-bond donors (Lipinski definition) is 2. The van der Waals surface area contributed by atoms with E-state index in [9.17, 15) is 19.5 Å². The molecular weight excluding hydrogens is 208 g/mol. The van der Waals surface area contributed by atoms with E-state index in [0.717, 1.165) is 0 Å². The molecule has 0 aromatic rings. The molecule has 86 valence electrons. The minimum Gasteiger partial charge on any atom is -0.529 e. The van der Waals surface area contributed by atoms with Crippen molar-refractivity contribution in [3.05, 3.63) is 0 Å². The van der Waals surface area contributed by atoms with Crippen LogP contribution in [0.2, 0.25) is 0 Å². The van der Waals surface area contributed by atoms with Crippen molar-refractivity contribution in [1.29, 1.82) is 0 Å². The third-order valence-electron chi connectivity index (χ3n) is 1.60. The van der Waals surface area contributed by atoms with Crippen molar-refractivity contribution in [1.82, 2.24) is 4.90 Å². The number of aliphatic carboxylic acids is 1. The van der Waals surface area contributed by atoms with Crippen LogP contribution in [-0.2, 0) is 4.79 Å². The van der Waals surface area contributed by atoms with E-state index in [0.29, 0.717) is 0 Å². The normalized spacial score (nSPS) is 13.0. The SMILES string of the molecule is C[N+](C)(C)C(C(=O)O)N(C(=O)[O-])C(=O)O. The number of nitrogens with zero attached hydrogens (tertiary/aromatic N) is 2. The highest BCUT2D eigenvalue weighted by Gasteiger charge is 2.41. The zero-order valence-corrected chi connectivity index (χ0v) is 8.50. The van der Waals surface area contributed by atoms with Gasteiger partial charge in [0.25, 0.3) is 6.17 Å². The molecule has 0 rings (SSSR count). The molecule has 1 atom stereocenters. The summed E-state index contributed by atoms with van der Waals surface area (Å²) < 4.78 is -0.393.